The SMILES string of the molecule is O=C(NCc1cccs1)C(=O)Nc1ccc2c(c1)CCCN2C(=O)c1ccco1. The van der Waals surface area contributed by atoms with Crippen LogP contribution in [-0.4, -0.2) is 24.3 Å². The summed E-state index contributed by atoms with van der Waals surface area (Å²) in [4.78, 5) is 39.5. The van der Waals surface area contributed by atoms with Crippen LogP contribution in [-0.2, 0) is 22.6 Å². The number of anilines is 2. The number of carbonyl (C=O) groups is 3. The van der Waals surface area contributed by atoms with Crippen molar-refractivity contribution < 1.29 is 18.8 Å². The second-order valence-electron chi connectivity index (χ2n) is 6.60. The van der Waals surface area contributed by atoms with Crippen molar-refractivity contribution in [1.29, 1.82) is 0 Å². The molecule has 2 N–H and O–H groups in total. The highest BCUT2D eigenvalue weighted by atomic mass is 32.1. The lowest BCUT2D eigenvalue weighted by Gasteiger charge is -2.29. The van der Waals surface area contributed by atoms with E-state index >= 15 is 0 Å². The van der Waals surface area contributed by atoms with Gasteiger partial charge in [0.2, 0.25) is 0 Å². The third kappa shape index (κ3) is 4.22. The number of rotatable bonds is 4. The number of nitrogens with zero attached hydrogens (tertiary/aromatic N) is 1. The fourth-order valence-electron chi connectivity index (χ4n) is 3.27. The maximum Gasteiger partial charge on any atom is 0.313 e. The first kappa shape index (κ1) is 18.9. The van der Waals surface area contributed by atoms with Gasteiger partial charge in [-0.15, -0.1) is 11.3 Å². The number of thiophene rings is 1. The van der Waals surface area contributed by atoms with E-state index in [1.165, 1.54) is 17.6 Å². The van der Waals surface area contributed by atoms with Gasteiger partial charge < -0.3 is 20.0 Å². The summed E-state index contributed by atoms with van der Waals surface area (Å²) in [6.45, 7) is 0.918. The Hall–Kier alpha value is -3.39. The molecule has 8 heteroatoms. The molecular weight excluding hydrogens is 390 g/mol. The molecule has 0 atom stereocenters. The summed E-state index contributed by atoms with van der Waals surface area (Å²) in [7, 11) is 0. The molecule has 148 valence electrons. The van der Waals surface area contributed by atoms with Crippen LogP contribution >= 0.6 is 11.3 Å². The van der Waals surface area contributed by atoms with Gasteiger partial charge in [-0.25, -0.2) is 0 Å². The summed E-state index contributed by atoms with van der Waals surface area (Å²) < 4.78 is 5.22. The average Bonchev–Trinajstić information content (AvgIpc) is 3.45. The van der Waals surface area contributed by atoms with Gasteiger partial charge in [-0.1, -0.05) is 6.07 Å². The fourth-order valence-corrected chi connectivity index (χ4v) is 3.91. The lowest BCUT2D eigenvalue weighted by atomic mass is 10.0. The van der Waals surface area contributed by atoms with Crippen molar-refractivity contribution in [3.63, 3.8) is 0 Å². The molecule has 3 heterocycles. The van der Waals surface area contributed by atoms with E-state index in [0.717, 1.165) is 29.0 Å². The maximum absolute atomic E-state index is 12.7. The van der Waals surface area contributed by atoms with Crippen molar-refractivity contribution in [2.45, 2.75) is 19.4 Å². The lowest BCUT2D eigenvalue weighted by molar-refractivity contribution is -0.136. The van der Waals surface area contributed by atoms with Crippen molar-refractivity contribution in [2.24, 2.45) is 0 Å². The van der Waals surface area contributed by atoms with E-state index in [4.69, 9.17) is 4.42 Å². The first-order chi connectivity index (χ1) is 14.1. The van der Waals surface area contributed by atoms with Gasteiger partial charge in [0.05, 0.1) is 12.8 Å². The van der Waals surface area contributed by atoms with E-state index in [-0.39, 0.29) is 11.7 Å². The molecule has 1 aliphatic rings. The Kier molecular flexibility index (Phi) is 5.44. The minimum atomic E-state index is -0.721. The van der Waals surface area contributed by atoms with Gasteiger partial charge in [-0.2, -0.15) is 0 Å². The monoisotopic (exact) mass is 409 g/mol. The molecular formula is C21H19N3O4S. The minimum absolute atomic E-state index is 0.194. The van der Waals surface area contributed by atoms with E-state index in [0.29, 0.717) is 18.8 Å². The molecule has 0 aliphatic carbocycles. The van der Waals surface area contributed by atoms with Gasteiger partial charge in [0.1, 0.15) is 0 Å². The molecule has 0 radical (unpaired) electrons. The van der Waals surface area contributed by atoms with Crippen LogP contribution in [0.3, 0.4) is 0 Å². The van der Waals surface area contributed by atoms with Crippen LogP contribution in [0.5, 0.6) is 0 Å². The van der Waals surface area contributed by atoms with Gasteiger partial charge >= 0.3 is 11.8 Å². The van der Waals surface area contributed by atoms with Crippen molar-refractivity contribution >= 4 is 40.4 Å². The number of hydrogen-bond acceptors (Lipinski definition) is 5. The van der Waals surface area contributed by atoms with Gasteiger partial charge in [0, 0.05) is 22.8 Å². The highest BCUT2D eigenvalue weighted by Crippen LogP contribution is 2.31. The summed E-state index contributed by atoms with van der Waals surface area (Å²) in [6.07, 6.45) is 3.06. The smallest absolute Gasteiger partial charge is 0.313 e. The number of aryl methyl sites for hydroxylation is 1. The highest BCUT2D eigenvalue weighted by molar-refractivity contribution is 7.09. The van der Waals surface area contributed by atoms with Crippen LogP contribution in [0.2, 0.25) is 0 Å². The normalized spacial score (nSPS) is 12.9. The molecule has 4 rings (SSSR count). The van der Waals surface area contributed by atoms with E-state index in [1.54, 1.807) is 35.2 Å². The summed E-state index contributed by atoms with van der Waals surface area (Å²) in [5, 5.41) is 7.14. The number of benzene rings is 1. The van der Waals surface area contributed by atoms with E-state index < -0.39 is 11.8 Å². The summed E-state index contributed by atoms with van der Waals surface area (Å²) >= 11 is 1.51. The Balaban J connectivity index is 1.43. The van der Waals surface area contributed by atoms with E-state index in [2.05, 4.69) is 10.6 Å². The molecule has 0 bridgehead atoms. The summed E-state index contributed by atoms with van der Waals surface area (Å²) in [5.74, 6) is -1.31. The molecule has 3 amide bonds. The Bertz CT molecular complexity index is 1030. The minimum Gasteiger partial charge on any atom is -0.459 e. The summed E-state index contributed by atoms with van der Waals surface area (Å²) in [5.41, 5.74) is 2.25. The van der Waals surface area contributed by atoms with Crippen LogP contribution < -0.4 is 15.5 Å². The third-order valence-corrected chi connectivity index (χ3v) is 5.52. The zero-order valence-corrected chi connectivity index (χ0v) is 16.3. The number of nitrogens with one attached hydrogen (secondary N) is 2. The Morgan fingerprint density at radius 3 is 2.76 bits per heavy atom. The molecule has 1 aromatic carbocycles. The Morgan fingerprint density at radius 1 is 1.10 bits per heavy atom. The molecule has 7 nitrogen and oxygen atoms in total. The van der Waals surface area contributed by atoms with Gasteiger partial charge in [-0.05, 0) is 60.2 Å². The van der Waals surface area contributed by atoms with Crippen LogP contribution in [0.4, 0.5) is 11.4 Å². The predicted molar refractivity (Wildman–Crippen MR) is 110 cm³/mol. The van der Waals surface area contributed by atoms with Gasteiger partial charge in [-0.3, -0.25) is 14.4 Å². The molecule has 2 aromatic heterocycles. The first-order valence-electron chi connectivity index (χ1n) is 9.21. The van der Waals surface area contributed by atoms with E-state index in [9.17, 15) is 14.4 Å². The Labute approximate surface area is 171 Å². The molecule has 0 saturated carbocycles. The topological polar surface area (TPSA) is 91.7 Å². The van der Waals surface area contributed by atoms with Crippen LogP contribution in [0.1, 0.15) is 27.4 Å². The summed E-state index contributed by atoms with van der Waals surface area (Å²) in [6, 6.07) is 12.4. The van der Waals surface area contributed by atoms with E-state index in [1.807, 2.05) is 17.5 Å². The zero-order chi connectivity index (χ0) is 20.2. The van der Waals surface area contributed by atoms with Gasteiger partial charge in [0.25, 0.3) is 5.91 Å². The van der Waals surface area contributed by atoms with Crippen molar-refractivity contribution in [3.8, 4) is 0 Å². The first-order valence-corrected chi connectivity index (χ1v) is 10.1. The van der Waals surface area contributed by atoms with Crippen molar-refractivity contribution in [1.82, 2.24) is 5.32 Å². The fraction of sp³-hybridized carbons (Fsp3) is 0.190. The van der Waals surface area contributed by atoms with Crippen LogP contribution in [0.15, 0.2) is 58.5 Å². The zero-order valence-electron chi connectivity index (χ0n) is 15.5. The van der Waals surface area contributed by atoms with Gasteiger partial charge in [0.15, 0.2) is 5.76 Å². The lowest BCUT2D eigenvalue weighted by Crippen LogP contribution is -2.36. The third-order valence-electron chi connectivity index (χ3n) is 4.64. The standard InChI is InChI=1S/C21H19N3O4S/c25-19(22-13-16-5-3-11-29-16)20(26)23-15-7-8-17-14(12-15)4-1-9-24(17)21(27)18-6-2-10-28-18/h2-3,5-8,10-12H,1,4,9,13H2,(H,22,25)(H,23,26). The maximum atomic E-state index is 12.7. The van der Waals surface area contributed by atoms with Crippen molar-refractivity contribution in [3.05, 3.63) is 70.3 Å². The van der Waals surface area contributed by atoms with Crippen LogP contribution in [0, 0.1) is 0 Å². The molecule has 0 spiro atoms. The van der Waals surface area contributed by atoms with Crippen LogP contribution in [0.25, 0.3) is 0 Å². The van der Waals surface area contributed by atoms with Crippen molar-refractivity contribution in [2.75, 3.05) is 16.8 Å². The second kappa shape index (κ2) is 8.32. The highest BCUT2D eigenvalue weighted by Gasteiger charge is 2.25. The molecule has 0 saturated heterocycles. The largest absolute Gasteiger partial charge is 0.459 e. The number of hydrogen-bond donors (Lipinski definition) is 2. The number of amides is 3. The molecule has 1 aliphatic heterocycles. The molecule has 0 fully saturated rings. The Morgan fingerprint density at radius 2 is 2.00 bits per heavy atom. The quantitative estimate of drug-likeness (QED) is 0.648. The molecule has 3 aromatic rings. The average molecular weight is 409 g/mol. The molecule has 29 heavy (non-hydrogen) atoms. The second-order valence-corrected chi connectivity index (χ2v) is 7.63. The number of carbonyl (C=O) groups excluding carboxylic acids is 3. The number of furan rings is 1. The number of fused-ring (bicyclic) bond motifs is 1. The predicted octanol–water partition coefficient (Wildman–Crippen LogP) is 3.19. The molecule has 0 unspecified atom stereocenters.